The van der Waals surface area contributed by atoms with Crippen molar-refractivity contribution >= 4 is 45.8 Å². The molecule has 25 heavy (non-hydrogen) atoms. The van der Waals surface area contributed by atoms with E-state index in [1.54, 1.807) is 24.1 Å². The molecule has 3 unspecified atom stereocenters. The number of anilines is 1. The summed E-state index contributed by atoms with van der Waals surface area (Å²) in [6.45, 7) is 2.90. The maximum Gasteiger partial charge on any atom is 0.280 e. The Morgan fingerprint density at radius 2 is 2.44 bits per heavy atom. The summed E-state index contributed by atoms with van der Waals surface area (Å²) < 4.78 is 5.69. The fourth-order valence-corrected chi connectivity index (χ4v) is 5.06. The molecule has 0 saturated carbocycles. The molecule has 0 spiro atoms. The molecule has 1 aromatic rings. The standard InChI is InChI=1S/C14H18N6O3S2/c1-7-16-11(23-20-7)10(21)17-9-5-24-12(18-9)14-6-22-3-2-8(14)4-25-13(15)19-14/h5,8,11H,2-4,6H2,1H3,(H2,15,19)(H,16,20)(H,17,21). The Labute approximate surface area is 152 Å². The highest BCUT2D eigenvalue weighted by molar-refractivity contribution is 8.13. The molecule has 0 aromatic carbocycles. The van der Waals surface area contributed by atoms with Crippen LogP contribution in [0.25, 0.3) is 0 Å². The van der Waals surface area contributed by atoms with Gasteiger partial charge in [-0.05, 0) is 13.3 Å². The third kappa shape index (κ3) is 3.12. The number of amidine groups is 2. The molecule has 3 aliphatic rings. The number of hydroxylamine groups is 1. The molecule has 1 amide bonds. The average molecular weight is 382 g/mol. The smallest absolute Gasteiger partial charge is 0.280 e. The van der Waals surface area contributed by atoms with Crippen LogP contribution in [0.3, 0.4) is 0 Å². The minimum atomic E-state index is -0.908. The fraction of sp³-hybridized carbons (Fsp3) is 0.571. The number of carbonyl (C=O) groups excluding carboxylic acids is 1. The number of thioether (sulfide) groups is 1. The summed E-state index contributed by atoms with van der Waals surface area (Å²) in [6, 6.07) is 0. The normalized spacial score (nSPS) is 31.6. The Hall–Kier alpha value is -1.69. The number of nitrogens with two attached hydrogens (primary N) is 1. The van der Waals surface area contributed by atoms with Crippen LogP contribution in [0, 0.1) is 5.92 Å². The van der Waals surface area contributed by atoms with Crippen molar-refractivity contribution in [2.45, 2.75) is 25.1 Å². The lowest BCUT2D eigenvalue weighted by Crippen LogP contribution is -2.47. The van der Waals surface area contributed by atoms with Crippen LogP contribution in [0.5, 0.6) is 0 Å². The van der Waals surface area contributed by atoms with E-state index in [9.17, 15) is 4.79 Å². The van der Waals surface area contributed by atoms with Crippen LogP contribution in [0.4, 0.5) is 5.82 Å². The monoisotopic (exact) mass is 382 g/mol. The lowest BCUT2D eigenvalue weighted by molar-refractivity contribution is -0.127. The Balaban J connectivity index is 1.55. The maximum atomic E-state index is 12.2. The van der Waals surface area contributed by atoms with Gasteiger partial charge in [0.25, 0.3) is 12.1 Å². The van der Waals surface area contributed by atoms with Crippen LogP contribution < -0.4 is 16.5 Å². The van der Waals surface area contributed by atoms with Crippen LogP contribution >= 0.6 is 23.1 Å². The molecule has 4 N–H and O–H groups in total. The largest absolute Gasteiger partial charge is 0.379 e. The van der Waals surface area contributed by atoms with Gasteiger partial charge < -0.3 is 15.8 Å². The quantitative estimate of drug-likeness (QED) is 0.701. The summed E-state index contributed by atoms with van der Waals surface area (Å²) >= 11 is 3.02. The molecule has 0 bridgehead atoms. The molecule has 3 atom stereocenters. The molecule has 4 rings (SSSR count). The van der Waals surface area contributed by atoms with E-state index in [2.05, 4.69) is 20.8 Å². The lowest BCUT2D eigenvalue weighted by atomic mass is 9.82. The summed E-state index contributed by atoms with van der Waals surface area (Å²) in [7, 11) is 0. The van der Waals surface area contributed by atoms with E-state index >= 15 is 0 Å². The molecular weight excluding hydrogens is 364 g/mol. The third-order valence-electron chi connectivity index (χ3n) is 4.33. The van der Waals surface area contributed by atoms with Crippen molar-refractivity contribution < 1.29 is 14.4 Å². The molecule has 0 aliphatic carbocycles. The second-order valence-electron chi connectivity index (χ2n) is 6.04. The number of hydrogen-bond acceptors (Lipinski definition) is 10. The van der Waals surface area contributed by atoms with Crippen molar-refractivity contribution in [2.24, 2.45) is 21.6 Å². The number of amides is 1. The van der Waals surface area contributed by atoms with E-state index in [-0.39, 0.29) is 5.91 Å². The molecule has 1 saturated heterocycles. The highest BCUT2D eigenvalue weighted by Gasteiger charge is 2.48. The Morgan fingerprint density at radius 1 is 1.56 bits per heavy atom. The number of nitrogens with one attached hydrogen (secondary N) is 2. The van der Waals surface area contributed by atoms with E-state index in [1.807, 2.05) is 0 Å². The van der Waals surface area contributed by atoms with Gasteiger partial charge >= 0.3 is 0 Å². The fourth-order valence-electron chi connectivity index (χ4n) is 3.05. The van der Waals surface area contributed by atoms with Crippen molar-refractivity contribution in [3.8, 4) is 0 Å². The van der Waals surface area contributed by atoms with Gasteiger partial charge in [0.1, 0.15) is 22.2 Å². The van der Waals surface area contributed by atoms with Gasteiger partial charge in [0.2, 0.25) is 0 Å². The van der Waals surface area contributed by atoms with Crippen LogP contribution in [-0.4, -0.2) is 47.1 Å². The molecule has 9 nitrogen and oxygen atoms in total. The number of nitrogens with zero attached hydrogens (tertiary/aromatic N) is 3. The summed E-state index contributed by atoms with van der Waals surface area (Å²) in [5, 5.41) is 5.88. The highest BCUT2D eigenvalue weighted by atomic mass is 32.2. The first-order valence-electron chi connectivity index (χ1n) is 7.85. The summed E-state index contributed by atoms with van der Waals surface area (Å²) in [4.78, 5) is 30.6. The van der Waals surface area contributed by atoms with Crippen LogP contribution in [0.2, 0.25) is 0 Å². The average Bonchev–Trinajstić information content (AvgIpc) is 3.24. The predicted molar refractivity (Wildman–Crippen MR) is 96.5 cm³/mol. The number of aliphatic imine (C=N–C) groups is 2. The van der Waals surface area contributed by atoms with Gasteiger partial charge in [0.15, 0.2) is 5.17 Å². The summed E-state index contributed by atoms with van der Waals surface area (Å²) in [5.74, 6) is 1.86. The number of hydrogen-bond donors (Lipinski definition) is 3. The Kier molecular flexibility index (Phi) is 4.40. The van der Waals surface area contributed by atoms with E-state index in [0.717, 1.165) is 23.8 Å². The van der Waals surface area contributed by atoms with Crippen LogP contribution in [-0.2, 0) is 19.9 Å². The first kappa shape index (κ1) is 16.8. The minimum Gasteiger partial charge on any atom is -0.379 e. The van der Waals surface area contributed by atoms with Crippen molar-refractivity contribution in [1.29, 1.82) is 0 Å². The van der Waals surface area contributed by atoms with E-state index < -0.39 is 11.8 Å². The van der Waals surface area contributed by atoms with Crippen LogP contribution in [0.15, 0.2) is 15.4 Å². The summed E-state index contributed by atoms with van der Waals surface area (Å²) in [5.41, 5.74) is 7.97. The van der Waals surface area contributed by atoms with Gasteiger partial charge in [-0.15, -0.1) is 11.3 Å². The number of ether oxygens (including phenoxy) is 1. The SMILES string of the molecule is CC1=NC(C(=O)Nc2csc(C34COCCC3CSC(N)=N4)n2)ON1. The molecule has 134 valence electrons. The van der Waals surface area contributed by atoms with Gasteiger partial charge in [-0.1, -0.05) is 11.8 Å². The van der Waals surface area contributed by atoms with Gasteiger partial charge in [0, 0.05) is 23.7 Å². The first-order valence-corrected chi connectivity index (χ1v) is 9.72. The van der Waals surface area contributed by atoms with Crippen molar-refractivity contribution in [2.75, 3.05) is 24.3 Å². The number of aromatic nitrogens is 1. The van der Waals surface area contributed by atoms with Crippen molar-refractivity contribution in [1.82, 2.24) is 10.5 Å². The molecular formula is C14H18N6O3S2. The third-order valence-corrected chi connectivity index (χ3v) is 6.29. The zero-order chi connectivity index (χ0) is 17.4. The number of carbonyl (C=O) groups is 1. The molecule has 3 aliphatic heterocycles. The first-order chi connectivity index (χ1) is 12.1. The van der Waals surface area contributed by atoms with E-state index in [1.165, 1.54) is 11.3 Å². The summed E-state index contributed by atoms with van der Waals surface area (Å²) in [6.07, 6.45) is 0.00879. The second-order valence-corrected chi connectivity index (χ2v) is 7.94. The van der Waals surface area contributed by atoms with E-state index in [0.29, 0.717) is 29.3 Å². The van der Waals surface area contributed by atoms with Gasteiger partial charge in [-0.2, -0.15) is 0 Å². The predicted octanol–water partition coefficient (Wildman–Crippen LogP) is 0.654. The molecule has 1 aromatic heterocycles. The number of fused-ring (bicyclic) bond motifs is 1. The minimum absolute atomic E-state index is 0.322. The number of rotatable bonds is 3. The van der Waals surface area contributed by atoms with Crippen LogP contribution in [0.1, 0.15) is 18.4 Å². The van der Waals surface area contributed by atoms with E-state index in [4.69, 9.17) is 20.3 Å². The Morgan fingerprint density at radius 3 is 3.24 bits per heavy atom. The molecule has 11 heteroatoms. The molecule has 1 fully saturated rings. The van der Waals surface area contributed by atoms with Gasteiger partial charge in [0.05, 0.1) is 6.61 Å². The highest BCUT2D eigenvalue weighted by Crippen LogP contribution is 2.45. The van der Waals surface area contributed by atoms with Crippen molar-refractivity contribution in [3.05, 3.63) is 10.4 Å². The van der Waals surface area contributed by atoms with Gasteiger partial charge in [-0.3, -0.25) is 10.3 Å². The zero-order valence-corrected chi connectivity index (χ0v) is 15.2. The maximum absolute atomic E-state index is 12.2. The zero-order valence-electron chi connectivity index (χ0n) is 13.5. The number of thiazole rings is 1. The molecule has 0 radical (unpaired) electrons. The second kappa shape index (κ2) is 6.56. The van der Waals surface area contributed by atoms with Crippen molar-refractivity contribution in [3.63, 3.8) is 0 Å². The lowest BCUT2D eigenvalue weighted by Gasteiger charge is -2.41. The van der Waals surface area contributed by atoms with Gasteiger partial charge in [-0.25, -0.2) is 19.8 Å². The Bertz CT molecular complexity index is 751. The topological polar surface area (TPSA) is 123 Å². The molecule has 4 heterocycles.